The van der Waals surface area contributed by atoms with Gasteiger partial charge in [0.15, 0.2) is 17.6 Å². The number of ether oxygens (including phenoxy) is 1. The molecule has 0 aliphatic carbocycles. The van der Waals surface area contributed by atoms with Crippen LogP contribution in [0.15, 0.2) is 24.3 Å². The van der Waals surface area contributed by atoms with Crippen LogP contribution in [-0.4, -0.2) is 31.6 Å². The molecular weight excluding hydrogens is 288 g/mol. The molecule has 0 saturated heterocycles. The van der Waals surface area contributed by atoms with Crippen molar-refractivity contribution in [2.24, 2.45) is 0 Å². The Balaban J connectivity index is 2.05. The normalized spacial score (nSPS) is 20.3. The van der Waals surface area contributed by atoms with Gasteiger partial charge in [0.25, 0.3) is 0 Å². The molecule has 6 heteroatoms. The second-order valence-corrected chi connectivity index (χ2v) is 5.40. The number of rotatable bonds is 1. The smallest absolute Gasteiger partial charge is 0.160 e. The van der Waals surface area contributed by atoms with Gasteiger partial charge in [0.05, 0.1) is 6.10 Å². The standard InChI is InChI=1S/C16H16O6/c1-7-9(2-3-11(18)15(7)21)16-13(20)6-10-12(19)4-8(17)5-14(10)22-16/h2-5,13,16-21H,6H2,1H3. The number of aliphatic hydroxyl groups is 1. The molecule has 22 heavy (non-hydrogen) atoms. The van der Waals surface area contributed by atoms with Crippen molar-refractivity contribution >= 4 is 0 Å². The Bertz CT molecular complexity index is 740. The summed E-state index contributed by atoms with van der Waals surface area (Å²) in [5.41, 5.74) is 1.34. The Labute approximate surface area is 126 Å². The fourth-order valence-electron chi connectivity index (χ4n) is 2.74. The van der Waals surface area contributed by atoms with Gasteiger partial charge in [0.1, 0.15) is 17.2 Å². The lowest BCUT2D eigenvalue weighted by Crippen LogP contribution is -2.30. The van der Waals surface area contributed by atoms with Gasteiger partial charge in [-0.3, -0.25) is 0 Å². The zero-order valence-corrected chi connectivity index (χ0v) is 11.8. The van der Waals surface area contributed by atoms with Gasteiger partial charge < -0.3 is 30.3 Å². The summed E-state index contributed by atoms with van der Waals surface area (Å²) in [7, 11) is 0. The number of hydrogen-bond donors (Lipinski definition) is 5. The lowest BCUT2D eigenvalue weighted by atomic mass is 9.91. The average Bonchev–Trinajstić information content (AvgIpc) is 2.46. The first-order valence-electron chi connectivity index (χ1n) is 6.79. The number of benzene rings is 2. The number of hydrogen-bond acceptors (Lipinski definition) is 6. The Morgan fingerprint density at radius 1 is 1.05 bits per heavy atom. The number of phenolic OH excluding ortho intramolecular Hbond substituents is 4. The Morgan fingerprint density at radius 3 is 2.50 bits per heavy atom. The molecule has 6 nitrogen and oxygen atoms in total. The van der Waals surface area contributed by atoms with Crippen molar-refractivity contribution in [3.63, 3.8) is 0 Å². The van der Waals surface area contributed by atoms with Crippen LogP contribution in [0.4, 0.5) is 0 Å². The molecule has 116 valence electrons. The monoisotopic (exact) mass is 304 g/mol. The van der Waals surface area contributed by atoms with Crippen LogP contribution >= 0.6 is 0 Å². The van der Waals surface area contributed by atoms with Crippen molar-refractivity contribution in [1.82, 2.24) is 0 Å². The van der Waals surface area contributed by atoms with Crippen molar-refractivity contribution in [3.8, 4) is 28.7 Å². The summed E-state index contributed by atoms with van der Waals surface area (Å²) >= 11 is 0. The predicted molar refractivity (Wildman–Crippen MR) is 77.4 cm³/mol. The third-order valence-corrected chi connectivity index (χ3v) is 3.94. The first-order chi connectivity index (χ1) is 10.4. The molecule has 0 bridgehead atoms. The highest BCUT2D eigenvalue weighted by molar-refractivity contribution is 5.53. The van der Waals surface area contributed by atoms with Crippen LogP contribution in [0.25, 0.3) is 0 Å². The van der Waals surface area contributed by atoms with Crippen LogP contribution in [0.1, 0.15) is 22.8 Å². The second kappa shape index (κ2) is 4.99. The average molecular weight is 304 g/mol. The zero-order chi connectivity index (χ0) is 16.0. The molecule has 2 aromatic rings. The van der Waals surface area contributed by atoms with Crippen molar-refractivity contribution in [1.29, 1.82) is 0 Å². The van der Waals surface area contributed by atoms with Gasteiger partial charge in [0.2, 0.25) is 0 Å². The molecule has 1 aliphatic heterocycles. The quantitative estimate of drug-likeness (QED) is 0.514. The van der Waals surface area contributed by atoms with E-state index in [1.165, 1.54) is 18.2 Å². The summed E-state index contributed by atoms with van der Waals surface area (Å²) in [5.74, 6) is -0.519. The van der Waals surface area contributed by atoms with Gasteiger partial charge in [-0.15, -0.1) is 0 Å². The summed E-state index contributed by atoms with van der Waals surface area (Å²) in [4.78, 5) is 0. The minimum absolute atomic E-state index is 0.141. The van der Waals surface area contributed by atoms with Crippen LogP contribution < -0.4 is 4.74 Å². The third kappa shape index (κ3) is 2.17. The largest absolute Gasteiger partial charge is 0.508 e. The molecule has 3 rings (SSSR count). The van der Waals surface area contributed by atoms with Crippen LogP contribution in [0.3, 0.4) is 0 Å². The molecule has 0 aromatic heterocycles. The van der Waals surface area contributed by atoms with E-state index >= 15 is 0 Å². The Morgan fingerprint density at radius 2 is 1.77 bits per heavy atom. The van der Waals surface area contributed by atoms with E-state index < -0.39 is 12.2 Å². The lowest BCUT2D eigenvalue weighted by Gasteiger charge is -2.32. The van der Waals surface area contributed by atoms with Crippen molar-refractivity contribution in [3.05, 3.63) is 41.0 Å². The summed E-state index contributed by atoms with van der Waals surface area (Å²) < 4.78 is 5.70. The minimum Gasteiger partial charge on any atom is -0.508 e. The maximum Gasteiger partial charge on any atom is 0.160 e. The minimum atomic E-state index is -0.939. The van der Waals surface area contributed by atoms with Crippen molar-refractivity contribution in [2.45, 2.75) is 25.6 Å². The van der Waals surface area contributed by atoms with Crippen LogP contribution in [-0.2, 0) is 6.42 Å². The Kier molecular flexibility index (Phi) is 3.26. The molecule has 2 unspecified atom stereocenters. The molecule has 0 radical (unpaired) electrons. The van der Waals surface area contributed by atoms with E-state index in [2.05, 4.69) is 0 Å². The molecule has 5 N–H and O–H groups in total. The number of aliphatic hydroxyl groups excluding tert-OH is 1. The van der Waals surface area contributed by atoms with Gasteiger partial charge in [0, 0.05) is 35.2 Å². The van der Waals surface area contributed by atoms with Crippen LogP contribution in [0.5, 0.6) is 28.7 Å². The highest BCUT2D eigenvalue weighted by Crippen LogP contribution is 2.44. The molecule has 1 aliphatic rings. The van der Waals surface area contributed by atoms with E-state index in [0.717, 1.165) is 0 Å². The van der Waals surface area contributed by atoms with E-state index in [4.69, 9.17) is 4.74 Å². The molecule has 2 aromatic carbocycles. The van der Waals surface area contributed by atoms with E-state index in [1.54, 1.807) is 13.0 Å². The molecule has 0 saturated carbocycles. The van der Waals surface area contributed by atoms with Gasteiger partial charge in [-0.1, -0.05) is 6.07 Å². The fourth-order valence-corrected chi connectivity index (χ4v) is 2.74. The topological polar surface area (TPSA) is 110 Å². The van der Waals surface area contributed by atoms with Crippen molar-refractivity contribution < 1.29 is 30.3 Å². The summed E-state index contributed by atoms with van der Waals surface area (Å²) in [5, 5.41) is 49.0. The van der Waals surface area contributed by atoms with E-state index in [-0.39, 0.29) is 35.2 Å². The lowest BCUT2D eigenvalue weighted by molar-refractivity contribution is 0.0193. The first kappa shape index (κ1) is 14.3. The summed E-state index contributed by atoms with van der Waals surface area (Å²) in [6, 6.07) is 5.44. The van der Waals surface area contributed by atoms with E-state index in [0.29, 0.717) is 16.7 Å². The highest BCUT2D eigenvalue weighted by atomic mass is 16.5. The number of aromatic hydroxyl groups is 4. The van der Waals surface area contributed by atoms with Gasteiger partial charge in [-0.05, 0) is 13.0 Å². The molecule has 1 heterocycles. The van der Waals surface area contributed by atoms with E-state index in [1.807, 2.05) is 0 Å². The molecular formula is C16H16O6. The SMILES string of the molecule is Cc1c(C2Oc3cc(O)cc(O)c3CC2O)ccc(O)c1O. The molecule has 0 spiro atoms. The Hall–Kier alpha value is -2.60. The predicted octanol–water partition coefficient (Wildman–Crippen LogP) is 1.85. The maximum atomic E-state index is 10.3. The summed E-state index contributed by atoms with van der Waals surface area (Å²) in [6.45, 7) is 1.61. The fraction of sp³-hybridized carbons (Fsp3) is 0.250. The highest BCUT2D eigenvalue weighted by Gasteiger charge is 2.33. The summed E-state index contributed by atoms with van der Waals surface area (Å²) in [6.07, 6.45) is -1.57. The molecule has 0 fully saturated rings. The zero-order valence-electron chi connectivity index (χ0n) is 11.8. The molecule has 2 atom stereocenters. The third-order valence-electron chi connectivity index (χ3n) is 3.94. The van der Waals surface area contributed by atoms with Gasteiger partial charge in [-0.25, -0.2) is 0 Å². The second-order valence-electron chi connectivity index (χ2n) is 5.40. The van der Waals surface area contributed by atoms with Crippen LogP contribution in [0, 0.1) is 6.92 Å². The number of fused-ring (bicyclic) bond motifs is 1. The van der Waals surface area contributed by atoms with Gasteiger partial charge >= 0.3 is 0 Å². The maximum absolute atomic E-state index is 10.3. The molecule has 0 amide bonds. The van der Waals surface area contributed by atoms with Gasteiger partial charge in [-0.2, -0.15) is 0 Å². The first-order valence-corrected chi connectivity index (χ1v) is 6.79. The van der Waals surface area contributed by atoms with E-state index in [9.17, 15) is 25.5 Å². The van der Waals surface area contributed by atoms with Crippen LogP contribution in [0.2, 0.25) is 0 Å². The number of phenols is 4. The van der Waals surface area contributed by atoms with Crippen molar-refractivity contribution in [2.75, 3.05) is 0 Å².